The molecule has 0 saturated heterocycles. The van der Waals surface area contributed by atoms with Gasteiger partial charge >= 0.3 is 5.97 Å². The van der Waals surface area contributed by atoms with E-state index in [9.17, 15) is 4.79 Å². The summed E-state index contributed by atoms with van der Waals surface area (Å²) in [4.78, 5) is 10.6. The van der Waals surface area contributed by atoms with Crippen molar-refractivity contribution in [3.05, 3.63) is 29.7 Å². The number of nitrogens with zero attached hydrogens (tertiary/aromatic N) is 1. The highest BCUT2D eigenvalue weighted by molar-refractivity contribution is 5.86. The van der Waals surface area contributed by atoms with Crippen LogP contribution in [0.5, 0.6) is 0 Å². The van der Waals surface area contributed by atoms with Crippen LogP contribution < -0.4 is 5.32 Å². The molecule has 0 radical (unpaired) electrons. The maximum Gasteiger partial charge on any atom is 0.331 e. The van der Waals surface area contributed by atoms with E-state index in [0.29, 0.717) is 25.1 Å². The smallest absolute Gasteiger partial charge is 0.331 e. The summed E-state index contributed by atoms with van der Waals surface area (Å²) in [6.45, 7) is 2.87. The van der Waals surface area contributed by atoms with Gasteiger partial charge in [0.15, 0.2) is 0 Å². The second kappa shape index (κ2) is 5.98. The van der Waals surface area contributed by atoms with Crippen LogP contribution in [0.15, 0.2) is 28.4 Å². The lowest BCUT2D eigenvalue weighted by atomic mass is 10.2. The van der Waals surface area contributed by atoms with E-state index in [2.05, 4.69) is 10.5 Å². The van der Waals surface area contributed by atoms with Crippen molar-refractivity contribution in [1.29, 1.82) is 0 Å². The van der Waals surface area contributed by atoms with Gasteiger partial charge in [-0.05, 0) is 6.42 Å². The molecule has 0 aromatic carbocycles. The average Bonchev–Trinajstić information content (AvgIpc) is 2.70. The van der Waals surface area contributed by atoms with Crippen molar-refractivity contribution in [2.24, 2.45) is 0 Å². The van der Waals surface area contributed by atoms with E-state index in [4.69, 9.17) is 9.63 Å². The molecule has 0 aliphatic carbocycles. The molecule has 0 fully saturated rings. The van der Waals surface area contributed by atoms with Gasteiger partial charge in [-0.1, -0.05) is 18.2 Å². The molecular formula is C10H14N2O3. The summed E-state index contributed by atoms with van der Waals surface area (Å²) in [5.74, 6) is -0.129. The number of aromatic nitrogens is 1. The minimum atomic E-state index is -0.862. The zero-order chi connectivity index (χ0) is 11.1. The minimum absolute atomic E-state index is 0.417. The van der Waals surface area contributed by atoms with E-state index in [-0.39, 0.29) is 0 Å². The summed E-state index contributed by atoms with van der Waals surface area (Å²) in [7, 11) is 0. The molecule has 0 saturated carbocycles. The van der Waals surface area contributed by atoms with Crippen molar-refractivity contribution in [3.63, 3.8) is 0 Å². The van der Waals surface area contributed by atoms with Crippen molar-refractivity contribution in [1.82, 2.24) is 10.5 Å². The van der Waals surface area contributed by atoms with Crippen molar-refractivity contribution in [3.8, 4) is 0 Å². The number of carboxylic acid groups (broad SMARTS) is 1. The van der Waals surface area contributed by atoms with Crippen LogP contribution in [-0.2, 0) is 11.3 Å². The highest BCUT2D eigenvalue weighted by Gasteiger charge is 2.02. The van der Waals surface area contributed by atoms with Crippen molar-refractivity contribution < 1.29 is 14.4 Å². The Kier molecular flexibility index (Phi) is 4.56. The predicted molar refractivity (Wildman–Crippen MR) is 54.2 cm³/mol. The Morgan fingerprint density at radius 3 is 3.07 bits per heavy atom. The van der Waals surface area contributed by atoms with Crippen molar-refractivity contribution >= 4 is 5.97 Å². The van der Waals surface area contributed by atoms with Gasteiger partial charge in [0.05, 0.1) is 12.7 Å². The second-order valence-corrected chi connectivity index (χ2v) is 3.00. The molecule has 2 N–H and O–H groups in total. The Morgan fingerprint density at radius 2 is 2.53 bits per heavy atom. The molecule has 1 aromatic heterocycles. The second-order valence-electron chi connectivity index (χ2n) is 3.00. The van der Waals surface area contributed by atoms with Gasteiger partial charge < -0.3 is 14.9 Å². The minimum Gasteiger partial charge on any atom is -0.478 e. The van der Waals surface area contributed by atoms with Gasteiger partial charge in [0.25, 0.3) is 0 Å². The molecule has 0 atom stereocenters. The number of carboxylic acids is 1. The highest BCUT2D eigenvalue weighted by atomic mass is 16.5. The molecule has 0 spiro atoms. The highest BCUT2D eigenvalue weighted by Crippen LogP contribution is 1.99. The van der Waals surface area contributed by atoms with Gasteiger partial charge in [0.1, 0.15) is 5.76 Å². The number of hydrogen-bond acceptors (Lipinski definition) is 4. The first-order valence-corrected chi connectivity index (χ1v) is 4.76. The summed E-state index contributed by atoms with van der Waals surface area (Å²) in [6, 6.07) is 1.76. The van der Waals surface area contributed by atoms with Crippen LogP contribution in [0.25, 0.3) is 0 Å². The van der Waals surface area contributed by atoms with Gasteiger partial charge in [-0.2, -0.15) is 0 Å². The standard InChI is InChI=1S/C10H14N2O3/c1-2-8(10(13)14)3-5-11-7-9-4-6-12-15-9/h3-4,6,11H,2,5,7H2,1H3,(H,13,14). The summed E-state index contributed by atoms with van der Waals surface area (Å²) < 4.78 is 4.86. The number of aliphatic carboxylic acids is 1. The van der Waals surface area contributed by atoms with Crippen LogP contribution in [0.3, 0.4) is 0 Å². The number of rotatable bonds is 6. The quantitative estimate of drug-likeness (QED) is 0.544. The first kappa shape index (κ1) is 11.5. The summed E-state index contributed by atoms with van der Waals surface area (Å²) >= 11 is 0. The van der Waals surface area contributed by atoms with Crippen LogP contribution in [0.2, 0.25) is 0 Å². The van der Waals surface area contributed by atoms with Gasteiger partial charge in [0, 0.05) is 18.2 Å². The first-order chi connectivity index (χ1) is 7.24. The Balaban J connectivity index is 2.28. The van der Waals surface area contributed by atoms with Gasteiger partial charge in [-0.25, -0.2) is 4.79 Å². The molecule has 0 amide bonds. The van der Waals surface area contributed by atoms with Gasteiger partial charge in [-0.3, -0.25) is 0 Å². The van der Waals surface area contributed by atoms with Gasteiger partial charge in [0.2, 0.25) is 0 Å². The Morgan fingerprint density at radius 1 is 1.73 bits per heavy atom. The van der Waals surface area contributed by atoms with Gasteiger partial charge in [-0.15, -0.1) is 0 Å². The number of carbonyl (C=O) groups is 1. The van der Waals surface area contributed by atoms with Crippen LogP contribution in [0.1, 0.15) is 19.1 Å². The zero-order valence-corrected chi connectivity index (χ0v) is 8.56. The third-order valence-corrected chi connectivity index (χ3v) is 1.94. The molecule has 15 heavy (non-hydrogen) atoms. The maximum absolute atomic E-state index is 10.6. The lowest BCUT2D eigenvalue weighted by Crippen LogP contribution is -2.14. The molecule has 5 nitrogen and oxygen atoms in total. The van der Waals surface area contributed by atoms with E-state index in [1.807, 2.05) is 6.92 Å². The van der Waals surface area contributed by atoms with E-state index in [1.165, 1.54) is 0 Å². The molecule has 1 rings (SSSR count). The molecule has 0 bridgehead atoms. The number of hydrogen-bond donors (Lipinski definition) is 2. The van der Waals surface area contributed by atoms with Crippen molar-refractivity contribution in [2.45, 2.75) is 19.9 Å². The summed E-state index contributed by atoms with van der Waals surface area (Å²) in [5, 5.41) is 15.3. The molecule has 0 aliphatic rings. The fraction of sp³-hybridized carbons (Fsp3) is 0.400. The van der Waals surface area contributed by atoms with E-state index in [0.717, 1.165) is 5.76 Å². The first-order valence-electron chi connectivity index (χ1n) is 4.76. The van der Waals surface area contributed by atoms with Crippen LogP contribution in [0.4, 0.5) is 0 Å². The number of nitrogens with one attached hydrogen (secondary N) is 1. The van der Waals surface area contributed by atoms with E-state index >= 15 is 0 Å². The molecule has 82 valence electrons. The van der Waals surface area contributed by atoms with Crippen LogP contribution in [-0.4, -0.2) is 22.8 Å². The summed E-state index contributed by atoms with van der Waals surface area (Å²) in [6.07, 6.45) is 3.76. The third kappa shape index (κ3) is 3.95. The Bertz CT molecular complexity index is 330. The maximum atomic E-state index is 10.6. The fourth-order valence-electron chi connectivity index (χ4n) is 1.11. The monoisotopic (exact) mass is 210 g/mol. The average molecular weight is 210 g/mol. The predicted octanol–water partition coefficient (Wildman–Crippen LogP) is 1.19. The Hall–Kier alpha value is -1.62. The van der Waals surface area contributed by atoms with Crippen molar-refractivity contribution in [2.75, 3.05) is 6.54 Å². The largest absolute Gasteiger partial charge is 0.478 e. The zero-order valence-electron chi connectivity index (χ0n) is 8.56. The van der Waals surface area contributed by atoms with E-state index in [1.54, 1.807) is 18.3 Å². The third-order valence-electron chi connectivity index (χ3n) is 1.94. The lowest BCUT2D eigenvalue weighted by molar-refractivity contribution is -0.132. The normalized spacial score (nSPS) is 11.7. The van der Waals surface area contributed by atoms with E-state index < -0.39 is 5.97 Å². The molecule has 0 unspecified atom stereocenters. The lowest BCUT2D eigenvalue weighted by Gasteiger charge is -1.99. The molecule has 1 heterocycles. The molecule has 1 aromatic rings. The fourth-order valence-corrected chi connectivity index (χ4v) is 1.11. The Labute approximate surface area is 87.8 Å². The van der Waals surface area contributed by atoms with Crippen LogP contribution in [0, 0.1) is 0 Å². The molecule has 5 heteroatoms. The van der Waals surface area contributed by atoms with Crippen LogP contribution >= 0.6 is 0 Å². The molecular weight excluding hydrogens is 196 g/mol. The summed E-state index contributed by atoms with van der Waals surface area (Å²) in [5.41, 5.74) is 0.417. The SMILES string of the molecule is CCC(=CCNCc1ccno1)C(=O)O. The topological polar surface area (TPSA) is 75.4 Å². The molecule has 0 aliphatic heterocycles.